The standard InChI is InChI=1S/C13H16O2/c14-12-15-11-10-13-8-6-4-2-1-3-5-7-9-13/h1-9,14H,10-12H2. The van der Waals surface area contributed by atoms with Crippen molar-refractivity contribution in [1.82, 2.24) is 0 Å². The molecule has 15 heavy (non-hydrogen) atoms. The van der Waals surface area contributed by atoms with Crippen LogP contribution in [0.5, 0.6) is 0 Å². The SMILES string of the molecule is OCOCCc1ccccccccc1. The highest BCUT2D eigenvalue weighted by atomic mass is 16.6. The molecule has 0 aliphatic heterocycles. The van der Waals surface area contributed by atoms with E-state index >= 15 is 0 Å². The Morgan fingerprint density at radius 3 is 1.93 bits per heavy atom. The fourth-order valence-electron chi connectivity index (χ4n) is 1.16. The van der Waals surface area contributed by atoms with Crippen LogP contribution in [0.15, 0.2) is 54.6 Å². The monoisotopic (exact) mass is 204 g/mol. The van der Waals surface area contributed by atoms with Crippen LogP contribution < -0.4 is 0 Å². The Morgan fingerprint density at radius 2 is 1.40 bits per heavy atom. The van der Waals surface area contributed by atoms with E-state index in [4.69, 9.17) is 9.84 Å². The Bertz CT molecular complexity index is 297. The van der Waals surface area contributed by atoms with Crippen LogP contribution in [-0.4, -0.2) is 18.5 Å². The molecule has 0 saturated carbocycles. The molecule has 0 saturated heterocycles. The van der Waals surface area contributed by atoms with Gasteiger partial charge in [0.15, 0.2) is 0 Å². The molecule has 0 bridgehead atoms. The van der Waals surface area contributed by atoms with Crippen molar-refractivity contribution in [3.8, 4) is 0 Å². The van der Waals surface area contributed by atoms with Gasteiger partial charge in [0.05, 0.1) is 6.61 Å². The van der Waals surface area contributed by atoms with Gasteiger partial charge in [-0.05, 0) is 12.0 Å². The maximum atomic E-state index is 8.48. The zero-order valence-electron chi connectivity index (χ0n) is 8.67. The first-order chi connectivity index (χ1) is 7.43. The molecule has 0 spiro atoms. The zero-order valence-corrected chi connectivity index (χ0v) is 8.67. The molecule has 0 aromatic heterocycles. The van der Waals surface area contributed by atoms with Crippen LogP contribution in [-0.2, 0) is 11.2 Å². The minimum absolute atomic E-state index is 0.213. The van der Waals surface area contributed by atoms with Gasteiger partial charge in [-0.15, -0.1) is 0 Å². The second kappa shape index (κ2) is 7.97. The summed E-state index contributed by atoms with van der Waals surface area (Å²) in [5.41, 5.74) is 1.18. The Kier molecular flexibility index (Phi) is 6.21. The first-order valence-electron chi connectivity index (χ1n) is 4.99. The summed E-state index contributed by atoms with van der Waals surface area (Å²) >= 11 is 0. The normalized spacial score (nSPS) is 9.40. The third kappa shape index (κ3) is 5.83. The molecular weight excluding hydrogens is 188 g/mol. The Morgan fingerprint density at radius 1 is 0.867 bits per heavy atom. The molecule has 0 radical (unpaired) electrons. The van der Waals surface area contributed by atoms with Gasteiger partial charge in [0.25, 0.3) is 0 Å². The minimum atomic E-state index is -0.213. The predicted molar refractivity (Wildman–Crippen MR) is 60.8 cm³/mol. The zero-order chi connectivity index (χ0) is 10.8. The predicted octanol–water partition coefficient (Wildman–Crippen LogP) is 2.32. The molecule has 0 heterocycles. The Balaban J connectivity index is 2.70. The number of ether oxygens (including phenoxy) is 1. The highest BCUT2D eigenvalue weighted by Crippen LogP contribution is 1.96. The average Bonchev–Trinajstić information content (AvgIpc) is 2.27. The molecule has 1 aromatic carbocycles. The number of hydrogen-bond acceptors (Lipinski definition) is 2. The van der Waals surface area contributed by atoms with Gasteiger partial charge in [-0.2, -0.15) is 0 Å². The molecule has 0 atom stereocenters. The number of rotatable bonds is 4. The lowest BCUT2D eigenvalue weighted by atomic mass is 10.2. The molecule has 0 fully saturated rings. The fourth-order valence-corrected chi connectivity index (χ4v) is 1.16. The molecular formula is C13H16O2. The van der Waals surface area contributed by atoms with Crippen LogP contribution in [0.2, 0.25) is 0 Å². The van der Waals surface area contributed by atoms with E-state index in [0.29, 0.717) is 6.61 Å². The smallest absolute Gasteiger partial charge is 0.143 e. The summed E-state index contributed by atoms with van der Waals surface area (Å²) in [6.07, 6.45) is 0.805. The molecule has 1 N–H and O–H groups in total. The summed E-state index contributed by atoms with van der Waals surface area (Å²) < 4.78 is 4.89. The van der Waals surface area contributed by atoms with Crippen molar-refractivity contribution in [2.45, 2.75) is 6.42 Å². The van der Waals surface area contributed by atoms with E-state index in [-0.39, 0.29) is 6.79 Å². The van der Waals surface area contributed by atoms with Crippen molar-refractivity contribution in [3.05, 3.63) is 60.2 Å². The van der Waals surface area contributed by atoms with E-state index in [2.05, 4.69) is 0 Å². The van der Waals surface area contributed by atoms with Crippen LogP contribution in [0.1, 0.15) is 5.56 Å². The van der Waals surface area contributed by atoms with Crippen molar-refractivity contribution in [2.75, 3.05) is 13.4 Å². The van der Waals surface area contributed by atoms with Gasteiger partial charge in [0, 0.05) is 0 Å². The molecule has 0 unspecified atom stereocenters. The summed E-state index contributed by atoms with van der Waals surface area (Å²) in [5.74, 6) is 0. The van der Waals surface area contributed by atoms with Gasteiger partial charge in [-0.3, -0.25) is 0 Å². The Labute approximate surface area is 90.5 Å². The summed E-state index contributed by atoms with van der Waals surface area (Å²) in [4.78, 5) is 0. The second-order valence-electron chi connectivity index (χ2n) is 3.04. The van der Waals surface area contributed by atoms with E-state index in [1.807, 2.05) is 54.6 Å². The molecule has 80 valence electrons. The molecule has 0 amide bonds. The molecule has 2 heteroatoms. The third-order valence-electron chi connectivity index (χ3n) is 1.91. The topological polar surface area (TPSA) is 29.5 Å². The molecule has 1 rings (SSSR count). The van der Waals surface area contributed by atoms with Gasteiger partial charge in [0.2, 0.25) is 0 Å². The fraction of sp³-hybridized carbons (Fsp3) is 0.231. The van der Waals surface area contributed by atoms with Crippen molar-refractivity contribution in [1.29, 1.82) is 0 Å². The van der Waals surface area contributed by atoms with Gasteiger partial charge < -0.3 is 9.84 Å². The molecule has 0 aliphatic carbocycles. The molecule has 0 aliphatic rings. The van der Waals surface area contributed by atoms with Crippen LogP contribution >= 0.6 is 0 Å². The van der Waals surface area contributed by atoms with Crippen LogP contribution in [0.25, 0.3) is 0 Å². The van der Waals surface area contributed by atoms with Crippen LogP contribution in [0.3, 0.4) is 0 Å². The summed E-state index contributed by atoms with van der Waals surface area (Å²) in [6, 6.07) is 18.0. The first-order valence-corrected chi connectivity index (χ1v) is 4.99. The van der Waals surface area contributed by atoms with E-state index in [1.54, 1.807) is 0 Å². The van der Waals surface area contributed by atoms with E-state index in [1.165, 1.54) is 5.56 Å². The summed E-state index contributed by atoms with van der Waals surface area (Å²) in [5, 5.41) is 8.48. The largest absolute Gasteiger partial charge is 0.371 e. The quantitative estimate of drug-likeness (QED) is 0.602. The number of aliphatic hydroxyl groups is 1. The van der Waals surface area contributed by atoms with Crippen molar-refractivity contribution < 1.29 is 9.84 Å². The third-order valence-corrected chi connectivity index (χ3v) is 1.91. The molecule has 1 aromatic rings. The lowest BCUT2D eigenvalue weighted by Crippen LogP contribution is -1.98. The van der Waals surface area contributed by atoms with Crippen molar-refractivity contribution >= 4 is 0 Å². The summed E-state index contributed by atoms with van der Waals surface area (Å²) in [6.45, 7) is 0.329. The van der Waals surface area contributed by atoms with Crippen LogP contribution in [0, 0.1) is 0 Å². The van der Waals surface area contributed by atoms with Gasteiger partial charge in [-0.25, -0.2) is 0 Å². The lowest BCUT2D eigenvalue weighted by Gasteiger charge is -1.98. The molecule has 2 nitrogen and oxygen atoms in total. The van der Waals surface area contributed by atoms with Gasteiger partial charge in [-0.1, -0.05) is 54.6 Å². The minimum Gasteiger partial charge on any atom is -0.371 e. The van der Waals surface area contributed by atoms with Crippen molar-refractivity contribution in [2.24, 2.45) is 0 Å². The Hall–Kier alpha value is -1.38. The van der Waals surface area contributed by atoms with E-state index < -0.39 is 0 Å². The van der Waals surface area contributed by atoms with Crippen molar-refractivity contribution in [3.63, 3.8) is 0 Å². The maximum Gasteiger partial charge on any atom is 0.143 e. The van der Waals surface area contributed by atoms with E-state index in [0.717, 1.165) is 6.42 Å². The van der Waals surface area contributed by atoms with Gasteiger partial charge >= 0.3 is 0 Å². The highest BCUT2D eigenvalue weighted by molar-refractivity contribution is 5.12. The van der Waals surface area contributed by atoms with Crippen LogP contribution in [0.4, 0.5) is 0 Å². The highest BCUT2D eigenvalue weighted by Gasteiger charge is 1.88. The average molecular weight is 204 g/mol. The second-order valence-corrected chi connectivity index (χ2v) is 3.04. The maximum absolute atomic E-state index is 8.48. The lowest BCUT2D eigenvalue weighted by molar-refractivity contribution is 0.000274. The number of aliphatic hydroxyl groups excluding tert-OH is 1. The number of hydrogen-bond donors (Lipinski definition) is 1. The summed E-state index contributed by atoms with van der Waals surface area (Å²) in [7, 11) is 0. The van der Waals surface area contributed by atoms with E-state index in [9.17, 15) is 0 Å². The van der Waals surface area contributed by atoms with Gasteiger partial charge in [0.1, 0.15) is 6.79 Å². The first kappa shape index (κ1) is 11.7.